The highest BCUT2D eigenvalue weighted by Gasteiger charge is 2.38. The topological polar surface area (TPSA) is 74.7 Å². The molecule has 1 amide bonds. The van der Waals surface area contributed by atoms with E-state index in [-0.39, 0.29) is 12.0 Å². The van der Waals surface area contributed by atoms with Crippen molar-refractivity contribution in [1.29, 1.82) is 0 Å². The Kier molecular flexibility index (Phi) is 4.59. The summed E-state index contributed by atoms with van der Waals surface area (Å²) in [7, 11) is 0. The van der Waals surface area contributed by atoms with Crippen molar-refractivity contribution in [3.63, 3.8) is 0 Å². The lowest BCUT2D eigenvalue weighted by Crippen LogP contribution is -2.36. The van der Waals surface area contributed by atoms with Crippen molar-refractivity contribution in [3.05, 3.63) is 65.3 Å². The zero-order valence-corrected chi connectivity index (χ0v) is 17.5. The second-order valence-corrected chi connectivity index (χ2v) is 8.68. The average Bonchev–Trinajstić information content (AvgIpc) is 3.23. The maximum Gasteiger partial charge on any atom is 0.260 e. The summed E-state index contributed by atoms with van der Waals surface area (Å²) in [5.41, 5.74) is 2.56. The number of fused-ring (bicyclic) bond motifs is 1. The number of aromatic nitrogens is 1. The van der Waals surface area contributed by atoms with E-state index in [9.17, 15) is 14.3 Å². The van der Waals surface area contributed by atoms with E-state index in [1.807, 2.05) is 38.3 Å². The molecule has 1 saturated heterocycles. The van der Waals surface area contributed by atoms with E-state index in [2.05, 4.69) is 15.2 Å². The molecule has 4 heterocycles. The summed E-state index contributed by atoms with van der Waals surface area (Å²) < 4.78 is 20.0. The van der Waals surface area contributed by atoms with Crippen molar-refractivity contribution in [1.82, 2.24) is 4.98 Å². The van der Waals surface area contributed by atoms with Crippen LogP contribution in [0.1, 0.15) is 37.8 Å². The quantitative estimate of drug-likeness (QED) is 0.723. The predicted molar refractivity (Wildman–Crippen MR) is 117 cm³/mol. The summed E-state index contributed by atoms with van der Waals surface area (Å²) in [4.78, 5) is 19.4. The monoisotopic (exact) mass is 421 g/mol. The van der Waals surface area contributed by atoms with Gasteiger partial charge in [-0.3, -0.25) is 4.79 Å². The van der Waals surface area contributed by atoms with Gasteiger partial charge >= 0.3 is 0 Å². The highest BCUT2D eigenvalue weighted by molar-refractivity contribution is 6.32. The predicted octanol–water partition coefficient (Wildman–Crippen LogP) is 3.74. The van der Waals surface area contributed by atoms with Crippen LogP contribution in [0.4, 0.5) is 15.9 Å². The molecule has 6 nitrogen and oxygen atoms in total. The number of nitrogens with zero attached hydrogens (tertiary/aromatic N) is 2. The fourth-order valence-corrected chi connectivity index (χ4v) is 4.43. The maximum absolute atomic E-state index is 13.8. The van der Waals surface area contributed by atoms with Crippen LogP contribution < -0.4 is 10.2 Å². The van der Waals surface area contributed by atoms with Crippen LogP contribution in [0.5, 0.6) is 0 Å². The third-order valence-corrected chi connectivity index (χ3v) is 6.11. The fraction of sp³-hybridized carbons (Fsp3) is 0.333. The Morgan fingerprint density at radius 2 is 2.00 bits per heavy atom. The number of rotatable bonds is 2. The molecule has 1 aromatic carbocycles. The van der Waals surface area contributed by atoms with Crippen molar-refractivity contribution in [2.24, 2.45) is 0 Å². The average molecular weight is 421 g/mol. The highest BCUT2D eigenvalue weighted by Crippen LogP contribution is 2.44. The molecule has 2 aromatic rings. The van der Waals surface area contributed by atoms with E-state index < -0.39 is 11.4 Å². The first-order valence-electron chi connectivity index (χ1n) is 10.5. The van der Waals surface area contributed by atoms with Gasteiger partial charge in [-0.25, -0.2) is 9.37 Å². The molecule has 1 fully saturated rings. The van der Waals surface area contributed by atoms with E-state index >= 15 is 0 Å². The van der Waals surface area contributed by atoms with Gasteiger partial charge in [-0.1, -0.05) is 0 Å². The maximum atomic E-state index is 13.8. The minimum atomic E-state index is -0.670. The molecule has 0 aliphatic carbocycles. The lowest BCUT2D eigenvalue weighted by molar-refractivity contribution is -0.111. The molecule has 5 rings (SSSR count). The van der Waals surface area contributed by atoms with Crippen LogP contribution in [-0.4, -0.2) is 40.8 Å². The van der Waals surface area contributed by atoms with Crippen molar-refractivity contribution < 1.29 is 19.0 Å². The summed E-state index contributed by atoms with van der Waals surface area (Å²) in [6, 6.07) is 8.21. The van der Waals surface area contributed by atoms with E-state index in [1.54, 1.807) is 6.07 Å². The third kappa shape index (κ3) is 3.49. The smallest absolute Gasteiger partial charge is 0.260 e. The standard InChI is InChI=1S/C24H24FN3O3/c1-24(2)18(14-3-6-21(26-13-14)28-9-7-16(29)8-10-28)12-20(31-24)22-17-11-15(25)4-5-19(17)27-23(22)30/h3-6,11-13,16,29H,7-10H2,1-2H3,(H,27,30). The summed E-state index contributed by atoms with van der Waals surface area (Å²) >= 11 is 0. The number of aliphatic hydroxyl groups is 1. The zero-order chi connectivity index (χ0) is 21.8. The number of amides is 1. The number of pyridine rings is 1. The summed E-state index contributed by atoms with van der Waals surface area (Å²) in [5.74, 6) is 0.603. The molecule has 3 aliphatic heterocycles. The number of carbonyl (C=O) groups excluding carboxylic acids is 1. The van der Waals surface area contributed by atoms with Gasteiger partial charge < -0.3 is 20.1 Å². The van der Waals surface area contributed by atoms with Crippen molar-refractivity contribution >= 4 is 28.6 Å². The number of hydrogen-bond acceptors (Lipinski definition) is 5. The Morgan fingerprint density at radius 3 is 2.71 bits per heavy atom. The molecule has 2 N–H and O–H groups in total. The molecule has 0 radical (unpaired) electrons. The van der Waals surface area contributed by atoms with Crippen LogP contribution in [0.15, 0.2) is 48.4 Å². The van der Waals surface area contributed by atoms with Crippen LogP contribution in [0.2, 0.25) is 0 Å². The largest absolute Gasteiger partial charge is 0.482 e. The van der Waals surface area contributed by atoms with E-state index in [0.29, 0.717) is 22.6 Å². The normalized spacial score (nSPS) is 22.8. The molecule has 0 saturated carbocycles. The van der Waals surface area contributed by atoms with Gasteiger partial charge in [0.2, 0.25) is 0 Å². The van der Waals surface area contributed by atoms with Gasteiger partial charge in [0.1, 0.15) is 23.0 Å². The van der Waals surface area contributed by atoms with Crippen LogP contribution in [0.3, 0.4) is 0 Å². The first-order valence-corrected chi connectivity index (χ1v) is 10.5. The Hall–Kier alpha value is -3.19. The Labute approximate surface area is 180 Å². The highest BCUT2D eigenvalue weighted by atomic mass is 19.1. The molecule has 0 atom stereocenters. The minimum absolute atomic E-state index is 0.227. The van der Waals surface area contributed by atoms with E-state index in [0.717, 1.165) is 42.9 Å². The molecule has 1 aromatic heterocycles. The Morgan fingerprint density at radius 1 is 1.23 bits per heavy atom. The van der Waals surface area contributed by atoms with Crippen molar-refractivity contribution in [2.45, 2.75) is 38.4 Å². The molecule has 0 unspecified atom stereocenters. The number of carbonyl (C=O) groups is 1. The van der Waals surface area contributed by atoms with Gasteiger partial charge in [-0.05, 0) is 63.1 Å². The van der Waals surface area contributed by atoms with Gasteiger partial charge in [0.05, 0.1) is 11.7 Å². The van der Waals surface area contributed by atoms with Gasteiger partial charge in [0, 0.05) is 41.7 Å². The number of anilines is 2. The molecule has 3 aliphatic rings. The molecule has 31 heavy (non-hydrogen) atoms. The molecular formula is C24H24FN3O3. The molecule has 0 bridgehead atoms. The summed E-state index contributed by atoms with van der Waals surface area (Å²) in [5, 5.41) is 12.5. The molecular weight excluding hydrogens is 397 g/mol. The second kappa shape index (κ2) is 7.20. The SMILES string of the molecule is CC1(C)OC(=C2C(=O)Nc3ccc(F)cc32)C=C1c1ccc(N2CCC(O)CC2)nc1. The fourth-order valence-electron chi connectivity index (χ4n) is 4.43. The first kappa shape index (κ1) is 19.8. The minimum Gasteiger partial charge on any atom is -0.482 e. The van der Waals surface area contributed by atoms with Crippen LogP contribution in [0, 0.1) is 5.82 Å². The number of nitrogens with one attached hydrogen (secondary N) is 1. The van der Waals surface area contributed by atoms with E-state index in [4.69, 9.17) is 4.74 Å². The second-order valence-electron chi connectivity index (χ2n) is 8.68. The number of halogens is 1. The molecule has 7 heteroatoms. The number of hydrogen-bond donors (Lipinski definition) is 2. The molecule has 0 spiro atoms. The molecule has 160 valence electrons. The Balaban J connectivity index is 1.49. The summed E-state index contributed by atoms with van der Waals surface area (Å²) in [6.07, 6.45) is 4.93. The van der Waals surface area contributed by atoms with Crippen LogP contribution >= 0.6 is 0 Å². The van der Waals surface area contributed by atoms with Gasteiger partial charge in [-0.2, -0.15) is 0 Å². The number of piperidine rings is 1. The number of benzene rings is 1. The van der Waals surface area contributed by atoms with E-state index in [1.165, 1.54) is 12.1 Å². The summed E-state index contributed by atoms with van der Waals surface area (Å²) in [6.45, 7) is 5.44. The van der Waals surface area contributed by atoms with Crippen LogP contribution in [-0.2, 0) is 9.53 Å². The van der Waals surface area contributed by atoms with Crippen molar-refractivity contribution in [2.75, 3.05) is 23.3 Å². The third-order valence-electron chi connectivity index (χ3n) is 6.11. The van der Waals surface area contributed by atoms with Crippen LogP contribution in [0.25, 0.3) is 11.1 Å². The Bertz CT molecular complexity index is 1110. The number of ether oxygens (including phenoxy) is 1. The van der Waals surface area contributed by atoms with Gasteiger partial charge in [0.25, 0.3) is 5.91 Å². The lowest BCUT2D eigenvalue weighted by atomic mass is 9.93. The van der Waals surface area contributed by atoms with Gasteiger partial charge in [0.15, 0.2) is 0 Å². The first-order chi connectivity index (χ1) is 14.8. The number of allylic oxidation sites excluding steroid dienone is 1. The zero-order valence-electron chi connectivity index (χ0n) is 17.5. The van der Waals surface area contributed by atoms with Gasteiger partial charge in [-0.15, -0.1) is 0 Å². The van der Waals surface area contributed by atoms with Crippen molar-refractivity contribution in [3.8, 4) is 0 Å². The number of aliphatic hydroxyl groups excluding tert-OH is 1. The lowest BCUT2D eigenvalue weighted by Gasteiger charge is -2.30.